The second-order valence-corrected chi connectivity index (χ2v) is 6.17. The molecule has 1 N–H and O–H groups in total. The minimum atomic E-state index is 0.408. The fourth-order valence-electron chi connectivity index (χ4n) is 1.92. The summed E-state index contributed by atoms with van der Waals surface area (Å²) < 4.78 is 3.17. The van der Waals surface area contributed by atoms with E-state index in [1.165, 1.54) is 10.6 Å². The van der Waals surface area contributed by atoms with Gasteiger partial charge < -0.3 is 5.32 Å². The number of aromatic nitrogens is 2. The van der Waals surface area contributed by atoms with Crippen LogP contribution in [0.2, 0.25) is 0 Å². The Balaban J connectivity index is 1.87. The van der Waals surface area contributed by atoms with E-state index < -0.39 is 0 Å². The van der Waals surface area contributed by atoms with Gasteiger partial charge in [-0.25, -0.2) is 0 Å². The van der Waals surface area contributed by atoms with Gasteiger partial charge in [0.05, 0.1) is 16.7 Å². The zero-order valence-electron chi connectivity index (χ0n) is 10.9. The summed E-state index contributed by atoms with van der Waals surface area (Å²) in [7, 11) is 0. The molecule has 0 aliphatic heterocycles. The van der Waals surface area contributed by atoms with Crippen LogP contribution in [0.15, 0.2) is 22.0 Å². The molecule has 3 nitrogen and oxygen atoms in total. The van der Waals surface area contributed by atoms with Crippen molar-refractivity contribution in [3.8, 4) is 0 Å². The molecule has 0 radical (unpaired) electrons. The fourth-order valence-corrected chi connectivity index (χ4v) is 2.96. The first-order valence-corrected chi connectivity index (χ1v) is 7.73. The Hall–Kier alpha value is -0.650. The Kier molecular flexibility index (Phi) is 4.59. The molecular formula is C13H18BrN3S. The number of nitrogens with zero attached hydrogens (tertiary/aromatic N) is 2. The van der Waals surface area contributed by atoms with Crippen LogP contribution in [0.4, 0.5) is 0 Å². The summed E-state index contributed by atoms with van der Waals surface area (Å²) in [6.45, 7) is 8.13. The van der Waals surface area contributed by atoms with E-state index in [4.69, 9.17) is 0 Å². The molecule has 1 atom stereocenters. The van der Waals surface area contributed by atoms with E-state index in [0.717, 1.165) is 23.3 Å². The molecule has 0 spiro atoms. The third kappa shape index (κ3) is 3.02. The summed E-state index contributed by atoms with van der Waals surface area (Å²) >= 11 is 5.34. The number of aryl methyl sites for hydroxylation is 1. The van der Waals surface area contributed by atoms with Crippen LogP contribution >= 0.6 is 27.3 Å². The van der Waals surface area contributed by atoms with Crippen molar-refractivity contribution in [2.75, 3.05) is 6.54 Å². The largest absolute Gasteiger partial charge is 0.308 e. The second kappa shape index (κ2) is 5.99. The van der Waals surface area contributed by atoms with Crippen molar-refractivity contribution >= 4 is 27.3 Å². The Morgan fingerprint density at radius 2 is 2.28 bits per heavy atom. The maximum Gasteiger partial charge on any atom is 0.0738 e. The molecule has 2 rings (SSSR count). The summed E-state index contributed by atoms with van der Waals surface area (Å²) in [6, 6.07) is 4.67. The van der Waals surface area contributed by atoms with Crippen molar-refractivity contribution in [3.05, 3.63) is 38.3 Å². The summed E-state index contributed by atoms with van der Waals surface area (Å²) in [4.78, 5) is 1.38. The lowest BCUT2D eigenvalue weighted by atomic mass is 10.3. The highest BCUT2D eigenvalue weighted by molar-refractivity contribution is 9.10. The lowest BCUT2D eigenvalue weighted by Crippen LogP contribution is -2.23. The van der Waals surface area contributed by atoms with Crippen LogP contribution in [0.25, 0.3) is 0 Å². The summed E-state index contributed by atoms with van der Waals surface area (Å²) in [5, 5.41) is 10.1. The van der Waals surface area contributed by atoms with Crippen molar-refractivity contribution in [3.63, 3.8) is 0 Å². The zero-order valence-corrected chi connectivity index (χ0v) is 13.3. The first kappa shape index (κ1) is 13.8. The number of hydrogen-bond acceptors (Lipinski definition) is 3. The van der Waals surface area contributed by atoms with Crippen LogP contribution in [-0.4, -0.2) is 16.3 Å². The average Bonchev–Trinajstić information content (AvgIpc) is 2.95. The molecule has 1 unspecified atom stereocenters. The summed E-state index contributed by atoms with van der Waals surface area (Å²) in [5.74, 6) is 0. The molecule has 0 saturated heterocycles. The van der Waals surface area contributed by atoms with Gasteiger partial charge in [-0.2, -0.15) is 5.10 Å². The van der Waals surface area contributed by atoms with E-state index in [0.29, 0.717) is 6.04 Å². The van der Waals surface area contributed by atoms with E-state index in [9.17, 15) is 0 Å². The van der Waals surface area contributed by atoms with Crippen molar-refractivity contribution in [2.24, 2.45) is 0 Å². The van der Waals surface area contributed by atoms with Gasteiger partial charge in [-0.1, -0.05) is 6.07 Å². The van der Waals surface area contributed by atoms with Gasteiger partial charge in [0.15, 0.2) is 0 Å². The molecule has 0 aliphatic rings. The smallest absolute Gasteiger partial charge is 0.0738 e. The van der Waals surface area contributed by atoms with Crippen molar-refractivity contribution in [2.45, 2.75) is 33.4 Å². The van der Waals surface area contributed by atoms with E-state index in [1.807, 2.05) is 11.6 Å². The predicted molar refractivity (Wildman–Crippen MR) is 80.1 cm³/mol. The molecule has 98 valence electrons. The van der Waals surface area contributed by atoms with E-state index in [2.05, 4.69) is 57.7 Å². The van der Waals surface area contributed by atoms with Crippen LogP contribution < -0.4 is 5.32 Å². The minimum Gasteiger partial charge on any atom is -0.308 e. The van der Waals surface area contributed by atoms with Crippen LogP contribution in [-0.2, 0) is 6.54 Å². The van der Waals surface area contributed by atoms with E-state index in [1.54, 1.807) is 11.3 Å². The Morgan fingerprint density at radius 3 is 2.83 bits per heavy atom. The molecule has 0 bridgehead atoms. The van der Waals surface area contributed by atoms with Gasteiger partial charge in [0, 0.05) is 23.2 Å². The molecule has 0 aliphatic carbocycles. The van der Waals surface area contributed by atoms with Gasteiger partial charge in [-0.15, -0.1) is 11.3 Å². The highest BCUT2D eigenvalue weighted by Gasteiger charge is 2.09. The normalized spacial score (nSPS) is 12.9. The third-order valence-electron chi connectivity index (χ3n) is 3.04. The Bertz CT molecular complexity index is 505. The van der Waals surface area contributed by atoms with Crippen molar-refractivity contribution in [1.29, 1.82) is 0 Å². The number of nitrogens with one attached hydrogen (secondary N) is 1. The van der Waals surface area contributed by atoms with Crippen LogP contribution in [0.5, 0.6) is 0 Å². The van der Waals surface area contributed by atoms with Crippen LogP contribution in [0.1, 0.15) is 29.2 Å². The molecule has 2 heterocycles. The Labute approximate surface area is 120 Å². The quantitative estimate of drug-likeness (QED) is 0.907. The minimum absolute atomic E-state index is 0.408. The van der Waals surface area contributed by atoms with Crippen LogP contribution in [0.3, 0.4) is 0 Å². The lowest BCUT2D eigenvalue weighted by Gasteiger charge is -2.12. The summed E-state index contributed by atoms with van der Waals surface area (Å²) in [5.41, 5.74) is 2.25. The zero-order chi connectivity index (χ0) is 13.1. The molecule has 2 aromatic rings. The number of thiophene rings is 1. The highest BCUT2D eigenvalue weighted by atomic mass is 79.9. The van der Waals surface area contributed by atoms with Gasteiger partial charge >= 0.3 is 0 Å². The maximum absolute atomic E-state index is 4.50. The maximum atomic E-state index is 4.50. The van der Waals surface area contributed by atoms with Gasteiger partial charge in [-0.3, -0.25) is 4.68 Å². The predicted octanol–water partition coefficient (Wildman–Crippen LogP) is 3.67. The molecular weight excluding hydrogens is 310 g/mol. The Morgan fingerprint density at radius 1 is 1.50 bits per heavy atom. The molecule has 0 aromatic carbocycles. The van der Waals surface area contributed by atoms with Gasteiger partial charge in [0.25, 0.3) is 0 Å². The molecule has 5 heteroatoms. The van der Waals surface area contributed by atoms with Crippen LogP contribution in [0, 0.1) is 13.8 Å². The average molecular weight is 328 g/mol. The fraction of sp³-hybridized carbons (Fsp3) is 0.462. The number of rotatable bonds is 5. The van der Waals surface area contributed by atoms with Gasteiger partial charge in [0.2, 0.25) is 0 Å². The molecule has 0 saturated carbocycles. The SMILES string of the molecule is Cc1nn(CCNC(C)c2cccs2)c(C)c1Br. The number of halogens is 1. The first-order chi connectivity index (χ1) is 8.59. The van der Waals surface area contributed by atoms with Crippen molar-refractivity contribution in [1.82, 2.24) is 15.1 Å². The molecule has 2 aromatic heterocycles. The monoisotopic (exact) mass is 327 g/mol. The summed E-state index contributed by atoms with van der Waals surface area (Å²) in [6.07, 6.45) is 0. The molecule has 0 fully saturated rings. The highest BCUT2D eigenvalue weighted by Crippen LogP contribution is 2.20. The first-order valence-electron chi connectivity index (χ1n) is 6.06. The van der Waals surface area contributed by atoms with Gasteiger partial charge in [0.1, 0.15) is 0 Å². The molecule has 18 heavy (non-hydrogen) atoms. The lowest BCUT2D eigenvalue weighted by molar-refractivity contribution is 0.503. The van der Waals surface area contributed by atoms with Gasteiger partial charge in [-0.05, 0) is 48.1 Å². The van der Waals surface area contributed by atoms with E-state index in [-0.39, 0.29) is 0 Å². The van der Waals surface area contributed by atoms with Crippen molar-refractivity contribution < 1.29 is 0 Å². The molecule has 0 amide bonds. The topological polar surface area (TPSA) is 29.9 Å². The third-order valence-corrected chi connectivity index (χ3v) is 5.24. The van der Waals surface area contributed by atoms with E-state index >= 15 is 0 Å². The standard InChI is InChI=1S/C13H18BrN3S/c1-9(12-5-4-8-18-12)15-6-7-17-11(3)13(14)10(2)16-17/h4-5,8-9,15H,6-7H2,1-3H3. The second-order valence-electron chi connectivity index (χ2n) is 4.40. The number of hydrogen-bond donors (Lipinski definition) is 1.